The Morgan fingerprint density at radius 3 is 2.48 bits per heavy atom. The molecule has 6 nitrogen and oxygen atoms in total. The first-order valence-corrected chi connectivity index (χ1v) is 8.85. The van der Waals surface area contributed by atoms with Crippen molar-refractivity contribution in [3.8, 4) is 24.7 Å². The minimum Gasteiger partial charge on any atom is -0.366 e. The van der Waals surface area contributed by atoms with Crippen LogP contribution in [0.15, 0.2) is 36.4 Å². The van der Waals surface area contributed by atoms with Gasteiger partial charge in [0.1, 0.15) is 6.67 Å². The Kier molecular flexibility index (Phi) is 4.37. The number of hydrogen-bond donors (Lipinski definition) is 1. The molecule has 0 aromatic heterocycles. The summed E-state index contributed by atoms with van der Waals surface area (Å²) in [6.45, 7) is -0.602. The number of amides is 1. The van der Waals surface area contributed by atoms with Gasteiger partial charge in [-0.05, 0) is 16.8 Å². The lowest BCUT2D eigenvalue weighted by Crippen LogP contribution is -2.51. The normalized spacial score (nSPS) is 13.9. The van der Waals surface area contributed by atoms with Crippen LogP contribution in [0.3, 0.4) is 0 Å². The van der Waals surface area contributed by atoms with Crippen LogP contribution in [-0.2, 0) is 10.2 Å². The number of terminal acetylenes is 2. The molecule has 0 saturated heterocycles. The second-order valence-corrected chi connectivity index (χ2v) is 7.23. The summed E-state index contributed by atoms with van der Waals surface area (Å²) in [6, 6.07) is 10.9. The van der Waals surface area contributed by atoms with E-state index >= 15 is 0 Å². The number of hydrogen-bond acceptors (Lipinski definition) is 4. The molecule has 0 saturated carbocycles. The SMILES string of the molecule is C#CCN(CC#C)S(=O)(=O)N1CNc2ccc3ccccc3c2C1=O. The van der Waals surface area contributed by atoms with Crippen molar-refractivity contribution in [3.05, 3.63) is 42.0 Å². The van der Waals surface area contributed by atoms with Crippen LogP contribution >= 0.6 is 0 Å². The van der Waals surface area contributed by atoms with Crippen LogP contribution in [0.4, 0.5) is 5.69 Å². The lowest BCUT2D eigenvalue weighted by Gasteiger charge is -2.32. The molecule has 1 aliphatic rings. The average molecular weight is 353 g/mol. The summed E-state index contributed by atoms with van der Waals surface area (Å²) < 4.78 is 27.3. The van der Waals surface area contributed by atoms with Crippen LogP contribution in [-0.4, -0.2) is 42.7 Å². The van der Waals surface area contributed by atoms with E-state index < -0.39 is 16.1 Å². The van der Waals surface area contributed by atoms with Gasteiger partial charge in [0.15, 0.2) is 0 Å². The van der Waals surface area contributed by atoms with Gasteiger partial charge >= 0.3 is 10.2 Å². The van der Waals surface area contributed by atoms with Gasteiger partial charge in [-0.2, -0.15) is 12.7 Å². The summed E-state index contributed by atoms with van der Waals surface area (Å²) in [4.78, 5) is 13.0. The van der Waals surface area contributed by atoms with Crippen molar-refractivity contribution in [2.75, 3.05) is 25.1 Å². The van der Waals surface area contributed by atoms with Crippen LogP contribution in [0.25, 0.3) is 10.8 Å². The Balaban J connectivity index is 2.09. The van der Waals surface area contributed by atoms with Gasteiger partial charge in [-0.1, -0.05) is 42.2 Å². The number of rotatable bonds is 4. The molecular weight excluding hydrogens is 338 g/mol. The lowest BCUT2D eigenvalue weighted by atomic mass is 10.0. The van der Waals surface area contributed by atoms with Crippen molar-refractivity contribution in [1.82, 2.24) is 8.61 Å². The fourth-order valence-corrected chi connectivity index (χ4v) is 4.03. The predicted octanol–water partition coefficient (Wildman–Crippen LogP) is 1.48. The Morgan fingerprint density at radius 2 is 1.80 bits per heavy atom. The molecule has 0 bridgehead atoms. The van der Waals surface area contributed by atoms with Crippen LogP contribution in [0.5, 0.6) is 0 Å². The molecule has 0 aliphatic carbocycles. The van der Waals surface area contributed by atoms with Gasteiger partial charge in [-0.25, -0.2) is 4.31 Å². The van der Waals surface area contributed by atoms with E-state index in [2.05, 4.69) is 17.2 Å². The van der Waals surface area contributed by atoms with Crippen molar-refractivity contribution < 1.29 is 13.2 Å². The summed E-state index contributed by atoms with van der Waals surface area (Å²) in [6.07, 6.45) is 10.5. The summed E-state index contributed by atoms with van der Waals surface area (Å²) >= 11 is 0. The fourth-order valence-electron chi connectivity index (χ4n) is 2.75. The fraction of sp³-hybridized carbons (Fsp3) is 0.167. The molecule has 126 valence electrons. The van der Waals surface area contributed by atoms with Crippen molar-refractivity contribution in [2.24, 2.45) is 0 Å². The van der Waals surface area contributed by atoms with E-state index in [1.807, 2.05) is 18.2 Å². The zero-order valence-electron chi connectivity index (χ0n) is 13.3. The molecule has 0 fully saturated rings. The van der Waals surface area contributed by atoms with E-state index in [0.29, 0.717) is 16.6 Å². The monoisotopic (exact) mass is 353 g/mol. The molecule has 0 atom stereocenters. The molecule has 0 radical (unpaired) electrons. The molecule has 1 aliphatic heterocycles. The molecule has 1 heterocycles. The summed E-state index contributed by atoms with van der Waals surface area (Å²) in [5.41, 5.74) is 0.907. The third-order valence-corrected chi connectivity index (χ3v) is 5.69. The van der Waals surface area contributed by atoms with Gasteiger partial charge in [0.2, 0.25) is 0 Å². The van der Waals surface area contributed by atoms with Crippen LogP contribution < -0.4 is 5.32 Å². The quantitative estimate of drug-likeness (QED) is 0.846. The first-order valence-electron chi connectivity index (χ1n) is 7.45. The lowest BCUT2D eigenvalue weighted by molar-refractivity contribution is 0.0857. The Labute approximate surface area is 146 Å². The number of anilines is 1. The number of nitrogens with one attached hydrogen (secondary N) is 1. The molecule has 3 rings (SSSR count). The minimum atomic E-state index is -4.14. The highest BCUT2D eigenvalue weighted by Gasteiger charge is 2.37. The first kappa shape index (κ1) is 16.8. The second kappa shape index (κ2) is 6.48. The molecule has 7 heteroatoms. The maximum absolute atomic E-state index is 13.0. The number of nitrogens with zero attached hydrogens (tertiary/aromatic N) is 2. The maximum Gasteiger partial charge on any atom is 0.309 e. The Hall–Kier alpha value is -3.00. The highest BCUT2D eigenvalue weighted by atomic mass is 32.2. The second-order valence-electron chi connectivity index (χ2n) is 5.38. The molecule has 2 aromatic rings. The zero-order valence-corrected chi connectivity index (χ0v) is 14.1. The Bertz CT molecular complexity index is 1020. The number of fused-ring (bicyclic) bond motifs is 3. The standard InChI is InChI=1S/C18H15N3O3S/c1-3-11-20(12-4-2)25(23,24)21-13-19-16-10-9-14-7-5-6-8-15(14)17(16)18(21)22/h1-2,5-10,19H,11-13H2. The molecule has 0 unspecified atom stereocenters. The first-order chi connectivity index (χ1) is 12.0. The molecule has 25 heavy (non-hydrogen) atoms. The third kappa shape index (κ3) is 2.80. The van der Waals surface area contributed by atoms with Gasteiger partial charge in [-0.15, -0.1) is 12.8 Å². The van der Waals surface area contributed by atoms with Gasteiger partial charge in [0.05, 0.1) is 18.7 Å². The van der Waals surface area contributed by atoms with E-state index in [9.17, 15) is 13.2 Å². The number of carbonyl (C=O) groups is 1. The van der Waals surface area contributed by atoms with Crippen molar-refractivity contribution in [2.45, 2.75) is 0 Å². The minimum absolute atomic E-state index is 0.182. The van der Waals surface area contributed by atoms with E-state index in [1.54, 1.807) is 18.2 Å². The van der Waals surface area contributed by atoms with E-state index in [4.69, 9.17) is 12.8 Å². The smallest absolute Gasteiger partial charge is 0.309 e. The summed E-state index contributed by atoms with van der Waals surface area (Å²) in [5, 5.41) is 4.50. The highest BCUT2D eigenvalue weighted by molar-refractivity contribution is 7.87. The van der Waals surface area contributed by atoms with E-state index in [0.717, 1.165) is 14.0 Å². The molecule has 2 aromatic carbocycles. The number of carbonyl (C=O) groups excluding carboxylic acids is 1. The van der Waals surface area contributed by atoms with Crippen LogP contribution in [0, 0.1) is 24.7 Å². The maximum atomic E-state index is 13.0. The Morgan fingerprint density at radius 1 is 1.12 bits per heavy atom. The third-order valence-electron chi connectivity index (χ3n) is 3.92. The largest absolute Gasteiger partial charge is 0.366 e. The topological polar surface area (TPSA) is 69.7 Å². The molecule has 0 spiro atoms. The van der Waals surface area contributed by atoms with Crippen molar-refractivity contribution >= 4 is 32.6 Å². The summed E-state index contributed by atoms with van der Waals surface area (Å²) in [7, 11) is -4.14. The van der Waals surface area contributed by atoms with Gasteiger partial charge in [0.25, 0.3) is 5.91 Å². The van der Waals surface area contributed by atoms with Gasteiger partial charge < -0.3 is 5.32 Å². The van der Waals surface area contributed by atoms with Gasteiger partial charge in [0, 0.05) is 5.69 Å². The molecule has 1 amide bonds. The van der Waals surface area contributed by atoms with Gasteiger partial charge in [-0.3, -0.25) is 4.79 Å². The average Bonchev–Trinajstić information content (AvgIpc) is 2.61. The molecule has 1 N–H and O–H groups in total. The van der Waals surface area contributed by atoms with E-state index in [1.165, 1.54) is 0 Å². The van der Waals surface area contributed by atoms with Crippen LogP contribution in [0.1, 0.15) is 10.4 Å². The van der Waals surface area contributed by atoms with Crippen LogP contribution in [0.2, 0.25) is 0 Å². The highest BCUT2D eigenvalue weighted by Crippen LogP contribution is 2.31. The van der Waals surface area contributed by atoms with Crippen molar-refractivity contribution in [1.29, 1.82) is 0 Å². The molecular formula is C18H15N3O3S. The van der Waals surface area contributed by atoms with E-state index in [-0.39, 0.29) is 19.8 Å². The zero-order chi connectivity index (χ0) is 18.0. The predicted molar refractivity (Wildman–Crippen MR) is 96.8 cm³/mol. The number of benzene rings is 2. The summed E-state index contributed by atoms with van der Waals surface area (Å²) in [5.74, 6) is 3.90. The van der Waals surface area contributed by atoms with Crippen molar-refractivity contribution in [3.63, 3.8) is 0 Å².